The molecule has 0 radical (unpaired) electrons. The normalized spacial score (nSPS) is 37.7. The van der Waals surface area contributed by atoms with Crippen molar-refractivity contribution in [2.24, 2.45) is 17.8 Å². The number of carboxylic acids is 1. The lowest BCUT2D eigenvalue weighted by atomic mass is 9.93. The molecule has 0 aromatic rings. The molecule has 0 aromatic heterocycles. The van der Waals surface area contributed by atoms with Gasteiger partial charge in [0.2, 0.25) is 5.91 Å². The molecular formula is C16H28N2O3. The van der Waals surface area contributed by atoms with Gasteiger partial charge in [-0.25, -0.2) is 0 Å². The van der Waals surface area contributed by atoms with Gasteiger partial charge in [-0.05, 0) is 39.7 Å². The fourth-order valence-electron chi connectivity index (χ4n) is 3.84. The third kappa shape index (κ3) is 3.23. The van der Waals surface area contributed by atoms with Gasteiger partial charge in [0.15, 0.2) is 0 Å². The Morgan fingerprint density at radius 1 is 1.10 bits per heavy atom. The second-order valence-electron chi connectivity index (χ2n) is 6.90. The zero-order valence-electron chi connectivity index (χ0n) is 13.6. The van der Waals surface area contributed by atoms with Crippen LogP contribution in [0.4, 0.5) is 0 Å². The van der Waals surface area contributed by atoms with Crippen molar-refractivity contribution in [1.82, 2.24) is 9.80 Å². The minimum Gasteiger partial charge on any atom is -0.481 e. The van der Waals surface area contributed by atoms with E-state index in [4.69, 9.17) is 0 Å². The van der Waals surface area contributed by atoms with Gasteiger partial charge in [0.25, 0.3) is 0 Å². The van der Waals surface area contributed by atoms with Crippen LogP contribution >= 0.6 is 0 Å². The Labute approximate surface area is 127 Å². The molecular weight excluding hydrogens is 268 g/mol. The summed E-state index contributed by atoms with van der Waals surface area (Å²) in [5, 5.41) is 9.41. The molecule has 3 unspecified atom stereocenters. The van der Waals surface area contributed by atoms with Crippen LogP contribution in [0.3, 0.4) is 0 Å². The molecule has 1 aliphatic heterocycles. The van der Waals surface area contributed by atoms with E-state index in [2.05, 4.69) is 32.7 Å². The lowest BCUT2D eigenvalue weighted by Crippen LogP contribution is -2.57. The smallest absolute Gasteiger partial charge is 0.307 e. The molecule has 120 valence electrons. The van der Waals surface area contributed by atoms with Gasteiger partial charge in [-0.15, -0.1) is 0 Å². The van der Waals surface area contributed by atoms with Crippen molar-refractivity contribution in [2.75, 3.05) is 20.1 Å². The highest BCUT2D eigenvalue weighted by Gasteiger charge is 2.44. The molecule has 0 aromatic carbocycles. The van der Waals surface area contributed by atoms with E-state index in [0.717, 1.165) is 12.8 Å². The quantitative estimate of drug-likeness (QED) is 0.860. The first kappa shape index (κ1) is 16.3. The number of likely N-dealkylation sites (N-methyl/N-ethyl adjacent to an activating group) is 1. The minimum atomic E-state index is -0.806. The van der Waals surface area contributed by atoms with Crippen molar-refractivity contribution in [3.8, 4) is 0 Å². The Hall–Kier alpha value is -1.10. The van der Waals surface area contributed by atoms with Crippen molar-refractivity contribution in [3.05, 3.63) is 0 Å². The summed E-state index contributed by atoms with van der Waals surface area (Å²) in [5.74, 6) is -1.19. The van der Waals surface area contributed by atoms with Crippen molar-refractivity contribution in [3.63, 3.8) is 0 Å². The summed E-state index contributed by atoms with van der Waals surface area (Å²) in [6, 6.07) is 0.647. The number of rotatable bonds is 3. The summed E-state index contributed by atoms with van der Waals surface area (Å²) < 4.78 is 0. The van der Waals surface area contributed by atoms with Gasteiger partial charge in [0, 0.05) is 25.2 Å². The summed E-state index contributed by atoms with van der Waals surface area (Å²) in [7, 11) is 2.08. The molecule has 5 nitrogen and oxygen atoms in total. The van der Waals surface area contributed by atoms with E-state index in [1.54, 1.807) is 0 Å². The van der Waals surface area contributed by atoms with Crippen LogP contribution in [0.1, 0.15) is 40.0 Å². The van der Waals surface area contributed by atoms with Gasteiger partial charge < -0.3 is 10.0 Å². The second-order valence-corrected chi connectivity index (χ2v) is 6.90. The topological polar surface area (TPSA) is 60.9 Å². The summed E-state index contributed by atoms with van der Waals surface area (Å²) in [5.41, 5.74) is 0. The molecule has 1 saturated carbocycles. The Bertz CT molecular complexity index is 400. The summed E-state index contributed by atoms with van der Waals surface area (Å²) in [6.45, 7) is 7.73. The number of carboxylic acid groups (broad SMARTS) is 1. The third-order valence-corrected chi connectivity index (χ3v) is 5.54. The molecule has 5 atom stereocenters. The van der Waals surface area contributed by atoms with Crippen LogP contribution in [-0.2, 0) is 9.59 Å². The predicted molar refractivity (Wildman–Crippen MR) is 80.9 cm³/mol. The molecule has 1 aliphatic carbocycles. The van der Waals surface area contributed by atoms with E-state index in [0.29, 0.717) is 37.5 Å². The first-order valence-corrected chi connectivity index (χ1v) is 8.08. The fraction of sp³-hybridized carbons (Fsp3) is 0.875. The molecule has 1 saturated heterocycles. The van der Waals surface area contributed by atoms with Crippen LogP contribution in [-0.4, -0.2) is 59.0 Å². The number of aliphatic carboxylic acids is 1. The van der Waals surface area contributed by atoms with Crippen molar-refractivity contribution >= 4 is 11.9 Å². The molecule has 0 bridgehead atoms. The largest absolute Gasteiger partial charge is 0.481 e. The van der Waals surface area contributed by atoms with Gasteiger partial charge in [0.05, 0.1) is 11.8 Å². The van der Waals surface area contributed by atoms with E-state index < -0.39 is 11.9 Å². The maximum absolute atomic E-state index is 12.8. The Kier molecular flexibility index (Phi) is 4.91. The zero-order chi connectivity index (χ0) is 15.7. The lowest BCUT2D eigenvalue weighted by Gasteiger charge is -2.43. The highest BCUT2D eigenvalue weighted by molar-refractivity contribution is 5.85. The van der Waals surface area contributed by atoms with Gasteiger partial charge in [-0.1, -0.05) is 13.3 Å². The van der Waals surface area contributed by atoms with E-state index in [1.165, 1.54) is 0 Å². The predicted octanol–water partition coefficient (Wildman–Crippen LogP) is 1.67. The number of hydrogen-bond donors (Lipinski definition) is 1. The third-order valence-electron chi connectivity index (χ3n) is 5.54. The van der Waals surface area contributed by atoms with Crippen molar-refractivity contribution in [2.45, 2.75) is 52.1 Å². The molecule has 5 heteroatoms. The zero-order valence-corrected chi connectivity index (χ0v) is 13.6. The average Bonchev–Trinajstić information content (AvgIpc) is 2.87. The van der Waals surface area contributed by atoms with Gasteiger partial charge in [-0.2, -0.15) is 0 Å². The number of amides is 1. The number of carbonyl (C=O) groups excluding carboxylic acids is 1. The van der Waals surface area contributed by atoms with Crippen LogP contribution in [0, 0.1) is 17.8 Å². The SMILES string of the molecule is CCC1C[C@H](C(=O)N2CC(C)N(C)C(C)C2)[C@H](C(=O)O)C1. The molecule has 1 heterocycles. The van der Waals surface area contributed by atoms with Crippen LogP contribution in [0.2, 0.25) is 0 Å². The molecule has 21 heavy (non-hydrogen) atoms. The maximum atomic E-state index is 12.8. The highest BCUT2D eigenvalue weighted by Crippen LogP contribution is 2.39. The van der Waals surface area contributed by atoms with Crippen LogP contribution in [0.5, 0.6) is 0 Å². The lowest BCUT2D eigenvalue weighted by molar-refractivity contribution is -0.150. The number of carbonyl (C=O) groups is 2. The van der Waals surface area contributed by atoms with Crippen LogP contribution in [0.15, 0.2) is 0 Å². The van der Waals surface area contributed by atoms with Gasteiger partial charge in [0.1, 0.15) is 0 Å². The standard InChI is InChI=1S/C16H28N2O3/c1-5-12-6-13(14(7-12)16(20)21)15(19)18-8-10(2)17(4)11(3)9-18/h10-14H,5-9H2,1-4H3,(H,20,21)/t10?,11?,12?,13-,14+/m0/s1. The summed E-state index contributed by atoms with van der Waals surface area (Å²) in [4.78, 5) is 28.5. The van der Waals surface area contributed by atoms with Gasteiger partial charge >= 0.3 is 5.97 Å². The minimum absolute atomic E-state index is 0.0603. The molecule has 1 N–H and O–H groups in total. The molecule has 2 rings (SSSR count). The molecule has 1 amide bonds. The molecule has 2 aliphatic rings. The van der Waals surface area contributed by atoms with Gasteiger partial charge in [-0.3, -0.25) is 14.5 Å². The Morgan fingerprint density at radius 2 is 1.62 bits per heavy atom. The first-order chi connectivity index (χ1) is 9.85. The van der Waals surface area contributed by atoms with Crippen molar-refractivity contribution < 1.29 is 14.7 Å². The fourth-order valence-corrected chi connectivity index (χ4v) is 3.84. The summed E-state index contributed by atoms with van der Waals surface area (Å²) in [6.07, 6.45) is 2.35. The van der Waals surface area contributed by atoms with Crippen LogP contribution < -0.4 is 0 Å². The van der Waals surface area contributed by atoms with E-state index >= 15 is 0 Å². The van der Waals surface area contributed by atoms with E-state index in [1.807, 2.05) is 4.90 Å². The Balaban J connectivity index is 2.09. The first-order valence-electron chi connectivity index (χ1n) is 8.08. The van der Waals surface area contributed by atoms with E-state index in [9.17, 15) is 14.7 Å². The van der Waals surface area contributed by atoms with E-state index in [-0.39, 0.29) is 11.8 Å². The number of hydrogen-bond acceptors (Lipinski definition) is 3. The molecule has 2 fully saturated rings. The number of piperazine rings is 1. The molecule has 0 spiro atoms. The second kappa shape index (κ2) is 6.34. The van der Waals surface area contributed by atoms with Crippen LogP contribution in [0.25, 0.3) is 0 Å². The highest BCUT2D eigenvalue weighted by atomic mass is 16.4. The van der Waals surface area contributed by atoms with Crippen molar-refractivity contribution in [1.29, 1.82) is 0 Å². The monoisotopic (exact) mass is 296 g/mol. The summed E-state index contributed by atoms with van der Waals surface area (Å²) >= 11 is 0. The average molecular weight is 296 g/mol. The maximum Gasteiger partial charge on any atom is 0.307 e. The number of nitrogens with zero attached hydrogens (tertiary/aromatic N) is 2. The Morgan fingerprint density at radius 3 is 2.10 bits per heavy atom.